The van der Waals surface area contributed by atoms with Gasteiger partial charge in [-0.05, 0) is 34.0 Å². The number of rotatable bonds is 2. The van der Waals surface area contributed by atoms with Gasteiger partial charge in [-0.3, -0.25) is 0 Å². The summed E-state index contributed by atoms with van der Waals surface area (Å²) in [5.74, 6) is 0. The Balaban J connectivity index is 3.47. The lowest BCUT2D eigenvalue weighted by molar-refractivity contribution is 0.424. The van der Waals surface area contributed by atoms with E-state index in [4.69, 9.17) is 0 Å². The third-order valence-electron chi connectivity index (χ3n) is 0.990. The van der Waals surface area contributed by atoms with E-state index >= 15 is 0 Å². The highest BCUT2D eigenvalue weighted by molar-refractivity contribution is 7.99. The van der Waals surface area contributed by atoms with Gasteiger partial charge < -0.3 is 5.32 Å². The fourth-order valence-electron chi connectivity index (χ4n) is 0.669. The van der Waals surface area contributed by atoms with Crippen LogP contribution in [0.4, 0.5) is 0 Å². The van der Waals surface area contributed by atoms with Crippen molar-refractivity contribution in [3.05, 3.63) is 0 Å². The average molecular weight is 147 g/mol. The molecule has 0 saturated carbocycles. The maximum absolute atomic E-state index is 3.43. The van der Waals surface area contributed by atoms with Crippen LogP contribution in [0.3, 0.4) is 0 Å². The molecule has 0 spiro atoms. The Kier molecular flexibility index (Phi) is 3.59. The van der Waals surface area contributed by atoms with Crippen LogP contribution in [0.15, 0.2) is 0 Å². The van der Waals surface area contributed by atoms with Gasteiger partial charge in [-0.15, -0.1) is 11.8 Å². The molecule has 1 atom stereocenters. The van der Waals surface area contributed by atoms with Crippen LogP contribution in [0.5, 0.6) is 0 Å². The molecule has 0 saturated heterocycles. The quantitative estimate of drug-likeness (QED) is 0.600. The predicted molar refractivity (Wildman–Crippen MR) is 45.9 cm³/mol. The standard InChI is InChI=1S/C7H17NS/c1-6(9-5)8-7(2,3)4/h6,8H,1-5H3. The van der Waals surface area contributed by atoms with Crippen molar-refractivity contribution < 1.29 is 0 Å². The van der Waals surface area contributed by atoms with E-state index in [2.05, 4.69) is 39.3 Å². The normalized spacial score (nSPS) is 15.7. The molecule has 0 bridgehead atoms. The molecule has 1 N–H and O–H groups in total. The van der Waals surface area contributed by atoms with Gasteiger partial charge in [-0.1, -0.05) is 0 Å². The lowest BCUT2D eigenvalue weighted by atomic mass is 10.1. The van der Waals surface area contributed by atoms with Crippen molar-refractivity contribution in [2.24, 2.45) is 0 Å². The van der Waals surface area contributed by atoms with Crippen LogP contribution < -0.4 is 5.32 Å². The van der Waals surface area contributed by atoms with E-state index in [1.165, 1.54) is 0 Å². The highest BCUT2D eigenvalue weighted by Gasteiger charge is 2.11. The van der Waals surface area contributed by atoms with Crippen LogP contribution in [-0.2, 0) is 0 Å². The Morgan fingerprint density at radius 1 is 1.33 bits per heavy atom. The van der Waals surface area contributed by atoms with E-state index in [0.29, 0.717) is 5.37 Å². The lowest BCUT2D eigenvalue weighted by Crippen LogP contribution is -2.40. The molecule has 0 radical (unpaired) electrons. The monoisotopic (exact) mass is 147 g/mol. The first kappa shape index (κ1) is 9.31. The Bertz CT molecular complexity index is 75.5. The molecule has 1 nitrogen and oxygen atoms in total. The summed E-state index contributed by atoms with van der Waals surface area (Å²) in [5.41, 5.74) is 0.252. The highest BCUT2D eigenvalue weighted by Crippen LogP contribution is 2.07. The van der Waals surface area contributed by atoms with E-state index in [1.54, 1.807) is 0 Å². The van der Waals surface area contributed by atoms with Crippen LogP contribution in [0, 0.1) is 0 Å². The molecule has 0 aromatic carbocycles. The Morgan fingerprint density at radius 2 is 1.78 bits per heavy atom. The fourth-order valence-corrected chi connectivity index (χ4v) is 1.14. The van der Waals surface area contributed by atoms with E-state index in [9.17, 15) is 0 Å². The molecule has 0 heterocycles. The van der Waals surface area contributed by atoms with Crippen molar-refractivity contribution in [2.75, 3.05) is 6.26 Å². The summed E-state index contributed by atoms with van der Waals surface area (Å²) < 4.78 is 0. The summed E-state index contributed by atoms with van der Waals surface area (Å²) in [6, 6.07) is 0. The first-order valence-corrected chi connectivity index (χ1v) is 4.55. The van der Waals surface area contributed by atoms with Gasteiger partial charge >= 0.3 is 0 Å². The van der Waals surface area contributed by atoms with Crippen molar-refractivity contribution >= 4 is 11.8 Å². The minimum atomic E-state index is 0.252. The van der Waals surface area contributed by atoms with E-state index in [1.807, 2.05) is 11.8 Å². The summed E-state index contributed by atoms with van der Waals surface area (Å²) in [6.07, 6.45) is 2.11. The predicted octanol–water partition coefficient (Wildman–Crippen LogP) is 2.08. The molecule has 0 aliphatic carbocycles. The van der Waals surface area contributed by atoms with Crippen LogP contribution in [0.1, 0.15) is 27.7 Å². The molecular weight excluding hydrogens is 130 g/mol. The van der Waals surface area contributed by atoms with Gasteiger partial charge in [0.15, 0.2) is 0 Å². The van der Waals surface area contributed by atoms with Gasteiger partial charge in [-0.25, -0.2) is 0 Å². The lowest BCUT2D eigenvalue weighted by Gasteiger charge is -2.24. The van der Waals surface area contributed by atoms with Crippen molar-refractivity contribution in [1.82, 2.24) is 5.32 Å². The molecule has 2 heteroatoms. The number of nitrogens with one attached hydrogen (secondary N) is 1. The van der Waals surface area contributed by atoms with Crippen molar-refractivity contribution in [3.63, 3.8) is 0 Å². The number of thioether (sulfide) groups is 1. The number of hydrogen-bond donors (Lipinski definition) is 1. The van der Waals surface area contributed by atoms with Gasteiger partial charge in [0.2, 0.25) is 0 Å². The van der Waals surface area contributed by atoms with E-state index in [-0.39, 0.29) is 5.54 Å². The fraction of sp³-hybridized carbons (Fsp3) is 1.00. The second kappa shape index (κ2) is 3.47. The third-order valence-corrected chi connectivity index (χ3v) is 1.81. The topological polar surface area (TPSA) is 12.0 Å². The van der Waals surface area contributed by atoms with Crippen molar-refractivity contribution in [3.8, 4) is 0 Å². The molecule has 0 fully saturated rings. The van der Waals surface area contributed by atoms with Crippen molar-refractivity contribution in [1.29, 1.82) is 0 Å². The van der Waals surface area contributed by atoms with Crippen LogP contribution in [0.25, 0.3) is 0 Å². The Hall–Kier alpha value is 0.310. The molecule has 0 aromatic rings. The van der Waals surface area contributed by atoms with E-state index < -0.39 is 0 Å². The number of hydrogen-bond acceptors (Lipinski definition) is 2. The summed E-state index contributed by atoms with van der Waals surface area (Å²) in [6.45, 7) is 8.72. The Labute approximate surface area is 62.6 Å². The Morgan fingerprint density at radius 3 is 1.89 bits per heavy atom. The second-order valence-electron chi connectivity index (χ2n) is 3.27. The van der Waals surface area contributed by atoms with Crippen LogP contribution in [-0.4, -0.2) is 17.2 Å². The van der Waals surface area contributed by atoms with Gasteiger partial charge in [0, 0.05) is 5.54 Å². The first-order valence-electron chi connectivity index (χ1n) is 3.26. The van der Waals surface area contributed by atoms with E-state index in [0.717, 1.165) is 0 Å². The zero-order chi connectivity index (χ0) is 7.49. The summed E-state index contributed by atoms with van der Waals surface area (Å²) in [5, 5.41) is 3.99. The average Bonchev–Trinajstić information content (AvgIpc) is 1.62. The molecule has 0 aromatic heterocycles. The summed E-state index contributed by atoms with van der Waals surface area (Å²) in [4.78, 5) is 0. The highest BCUT2D eigenvalue weighted by atomic mass is 32.2. The zero-order valence-corrected chi connectivity index (χ0v) is 7.80. The SMILES string of the molecule is CSC(C)NC(C)(C)C. The molecule has 0 aliphatic heterocycles. The molecule has 1 unspecified atom stereocenters. The molecule has 0 rings (SSSR count). The minimum Gasteiger partial charge on any atom is -0.301 e. The van der Waals surface area contributed by atoms with Gasteiger partial charge in [-0.2, -0.15) is 0 Å². The van der Waals surface area contributed by atoms with Crippen molar-refractivity contribution in [2.45, 2.75) is 38.6 Å². The maximum Gasteiger partial charge on any atom is 0.0504 e. The van der Waals surface area contributed by atoms with Gasteiger partial charge in [0.05, 0.1) is 5.37 Å². The minimum absolute atomic E-state index is 0.252. The molecular formula is C7H17NS. The largest absolute Gasteiger partial charge is 0.301 e. The second-order valence-corrected chi connectivity index (χ2v) is 4.45. The molecule has 56 valence electrons. The molecule has 0 amide bonds. The molecule has 0 aliphatic rings. The van der Waals surface area contributed by atoms with Crippen LogP contribution >= 0.6 is 11.8 Å². The maximum atomic E-state index is 3.43. The smallest absolute Gasteiger partial charge is 0.0504 e. The van der Waals surface area contributed by atoms with Gasteiger partial charge in [0.25, 0.3) is 0 Å². The van der Waals surface area contributed by atoms with Gasteiger partial charge in [0.1, 0.15) is 0 Å². The first-order chi connectivity index (χ1) is 3.95. The third kappa shape index (κ3) is 6.19. The van der Waals surface area contributed by atoms with Crippen LogP contribution in [0.2, 0.25) is 0 Å². The summed E-state index contributed by atoms with van der Waals surface area (Å²) in [7, 11) is 0. The zero-order valence-electron chi connectivity index (χ0n) is 6.99. The summed E-state index contributed by atoms with van der Waals surface area (Å²) >= 11 is 1.84. The molecule has 9 heavy (non-hydrogen) atoms.